The van der Waals surface area contributed by atoms with Crippen molar-refractivity contribution in [2.45, 2.75) is 19.8 Å². The van der Waals surface area contributed by atoms with Crippen molar-refractivity contribution in [2.24, 2.45) is 0 Å². The number of nitrogens with zero attached hydrogens (tertiary/aromatic N) is 1. The molecule has 0 aliphatic heterocycles. The van der Waals surface area contributed by atoms with Crippen LogP contribution in [0.5, 0.6) is 0 Å². The Morgan fingerprint density at radius 2 is 1.72 bits per heavy atom. The molecule has 0 aliphatic carbocycles. The standard InChI is InChI=1S/C12H21N3O2S/c1-4-5-10-15(3)18(16,17)14-12-8-6-11(13-2)7-9-12/h6-9,13-14H,4-5,10H2,1-3H3. The summed E-state index contributed by atoms with van der Waals surface area (Å²) < 4.78 is 27.8. The molecule has 0 unspecified atom stereocenters. The fourth-order valence-electron chi connectivity index (χ4n) is 1.43. The minimum Gasteiger partial charge on any atom is -0.388 e. The summed E-state index contributed by atoms with van der Waals surface area (Å²) in [5.74, 6) is 0. The predicted molar refractivity (Wildman–Crippen MR) is 76.1 cm³/mol. The monoisotopic (exact) mass is 271 g/mol. The zero-order valence-electron chi connectivity index (χ0n) is 11.1. The van der Waals surface area contributed by atoms with Crippen LogP contribution in [0.2, 0.25) is 0 Å². The van der Waals surface area contributed by atoms with Crippen molar-refractivity contribution in [1.82, 2.24) is 4.31 Å². The predicted octanol–water partition coefficient (Wildman–Crippen LogP) is 2.12. The minimum absolute atomic E-state index is 0.528. The lowest BCUT2D eigenvalue weighted by molar-refractivity contribution is 0.463. The molecule has 0 amide bonds. The van der Waals surface area contributed by atoms with Gasteiger partial charge in [0.2, 0.25) is 0 Å². The minimum atomic E-state index is -3.44. The Hall–Kier alpha value is -1.27. The largest absolute Gasteiger partial charge is 0.388 e. The number of hydrogen-bond acceptors (Lipinski definition) is 3. The lowest BCUT2D eigenvalue weighted by Crippen LogP contribution is -2.33. The average Bonchev–Trinajstić information content (AvgIpc) is 2.36. The Morgan fingerprint density at radius 3 is 2.22 bits per heavy atom. The molecular weight excluding hydrogens is 250 g/mol. The van der Waals surface area contributed by atoms with Crippen LogP contribution < -0.4 is 10.0 Å². The molecule has 0 saturated heterocycles. The van der Waals surface area contributed by atoms with Gasteiger partial charge in [-0.2, -0.15) is 12.7 Å². The van der Waals surface area contributed by atoms with Gasteiger partial charge >= 0.3 is 10.2 Å². The molecule has 0 aromatic heterocycles. The number of unbranched alkanes of at least 4 members (excludes halogenated alkanes) is 1. The highest BCUT2D eigenvalue weighted by molar-refractivity contribution is 7.90. The van der Waals surface area contributed by atoms with Gasteiger partial charge < -0.3 is 5.32 Å². The van der Waals surface area contributed by atoms with E-state index in [1.165, 1.54) is 4.31 Å². The number of anilines is 2. The topological polar surface area (TPSA) is 61.4 Å². The quantitative estimate of drug-likeness (QED) is 0.798. The normalized spacial score (nSPS) is 11.6. The summed E-state index contributed by atoms with van der Waals surface area (Å²) in [5, 5.41) is 2.98. The van der Waals surface area contributed by atoms with Crippen LogP contribution in [0.3, 0.4) is 0 Å². The third-order valence-electron chi connectivity index (χ3n) is 2.66. The van der Waals surface area contributed by atoms with Crippen LogP contribution in [-0.4, -0.2) is 33.4 Å². The van der Waals surface area contributed by atoms with E-state index in [1.54, 1.807) is 19.2 Å². The van der Waals surface area contributed by atoms with Gasteiger partial charge in [0.25, 0.3) is 0 Å². The first kappa shape index (κ1) is 14.8. The highest BCUT2D eigenvalue weighted by Gasteiger charge is 2.16. The van der Waals surface area contributed by atoms with Gasteiger partial charge in [0.15, 0.2) is 0 Å². The van der Waals surface area contributed by atoms with E-state index < -0.39 is 10.2 Å². The third kappa shape index (κ3) is 4.19. The van der Waals surface area contributed by atoms with Crippen molar-refractivity contribution in [1.29, 1.82) is 0 Å². The van der Waals surface area contributed by atoms with Gasteiger partial charge in [0.1, 0.15) is 0 Å². The van der Waals surface area contributed by atoms with Crippen molar-refractivity contribution in [3.8, 4) is 0 Å². The summed E-state index contributed by atoms with van der Waals surface area (Å²) in [6.07, 6.45) is 1.83. The van der Waals surface area contributed by atoms with Crippen molar-refractivity contribution in [3.63, 3.8) is 0 Å². The first-order chi connectivity index (χ1) is 8.49. The molecule has 0 heterocycles. The van der Waals surface area contributed by atoms with E-state index in [1.807, 2.05) is 26.1 Å². The number of nitrogens with one attached hydrogen (secondary N) is 2. The van der Waals surface area contributed by atoms with E-state index in [0.717, 1.165) is 18.5 Å². The van der Waals surface area contributed by atoms with Gasteiger partial charge in [-0.3, -0.25) is 4.72 Å². The Morgan fingerprint density at radius 1 is 1.17 bits per heavy atom. The number of hydrogen-bond donors (Lipinski definition) is 2. The summed E-state index contributed by atoms with van der Waals surface area (Å²) >= 11 is 0. The molecule has 2 N–H and O–H groups in total. The van der Waals surface area contributed by atoms with Gasteiger partial charge in [-0.05, 0) is 30.7 Å². The maximum Gasteiger partial charge on any atom is 0.301 e. The van der Waals surface area contributed by atoms with E-state index in [4.69, 9.17) is 0 Å². The molecule has 1 aromatic carbocycles. The molecule has 102 valence electrons. The second-order valence-corrected chi connectivity index (χ2v) is 5.89. The first-order valence-electron chi connectivity index (χ1n) is 6.01. The highest BCUT2D eigenvalue weighted by atomic mass is 32.2. The third-order valence-corrected chi connectivity index (χ3v) is 4.15. The van der Waals surface area contributed by atoms with E-state index in [0.29, 0.717) is 12.2 Å². The lowest BCUT2D eigenvalue weighted by atomic mass is 10.3. The van der Waals surface area contributed by atoms with Crippen molar-refractivity contribution in [2.75, 3.05) is 30.7 Å². The molecule has 1 rings (SSSR count). The van der Waals surface area contributed by atoms with Crippen LogP contribution in [0.15, 0.2) is 24.3 Å². The van der Waals surface area contributed by atoms with Crippen LogP contribution in [0.1, 0.15) is 19.8 Å². The Bertz CT molecular complexity index is 457. The van der Waals surface area contributed by atoms with Crippen molar-refractivity contribution >= 4 is 21.6 Å². The molecular formula is C12H21N3O2S. The van der Waals surface area contributed by atoms with E-state index >= 15 is 0 Å². The zero-order chi connectivity index (χ0) is 13.6. The molecule has 0 bridgehead atoms. The Kier molecular flexibility index (Phi) is 5.43. The van der Waals surface area contributed by atoms with Crippen LogP contribution >= 0.6 is 0 Å². The molecule has 5 nitrogen and oxygen atoms in total. The maximum atomic E-state index is 12.0. The van der Waals surface area contributed by atoms with Gasteiger partial charge in [0, 0.05) is 32.0 Å². The Labute approximate surface area is 109 Å². The number of benzene rings is 1. The van der Waals surface area contributed by atoms with E-state index in [2.05, 4.69) is 10.0 Å². The molecule has 0 saturated carbocycles. The van der Waals surface area contributed by atoms with Crippen LogP contribution in [0, 0.1) is 0 Å². The summed E-state index contributed by atoms with van der Waals surface area (Å²) in [6.45, 7) is 2.56. The van der Waals surface area contributed by atoms with Gasteiger partial charge in [-0.1, -0.05) is 13.3 Å². The summed E-state index contributed by atoms with van der Waals surface area (Å²) in [5.41, 5.74) is 1.51. The fraction of sp³-hybridized carbons (Fsp3) is 0.500. The highest BCUT2D eigenvalue weighted by Crippen LogP contribution is 2.15. The number of rotatable bonds is 7. The molecule has 6 heteroatoms. The van der Waals surface area contributed by atoms with Crippen LogP contribution in [0.4, 0.5) is 11.4 Å². The molecule has 0 atom stereocenters. The SMILES string of the molecule is CCCCN(C)S(=O)(=O)Nc1ccc(NC)cc1. The average molecular weight is 271 g/mol. The van der Waals surface area contributed by atoms with E-state index in [9.17, 15) is 8.42 Å². The second kappa shape index (κ2) is 6.61. The Balaban J connectivity index is 2.69. The summed E-state index contributed by atoms with van der Waals surface area (Å²) in [7, 11) is -0.0418. The second-order valence-electron chi connectivity index (χ2n) is 4.11. The fourth-order valence-corrected chi connectivity index (χ4v) is 2.39. The lowest BCUT2D eigenvalue weighted by Gasteiger charge is -2.18. The molecule has 0 fully saturated rings. The summed E-state index contributed by atoms with van der Waals surface area (Å²) in [4.78, 5) is 0. The molecule has 0 aliphatic rings. The van der Waals surface area contributed by atoms with Crippen LogP contribution in [-0.2, 0) is 10.2 Å². The molecule has 1 aromatic rings. The van der Waals surface area contributed by atoms with Crippen molar-refractivity contribution in [3.05, 3.63) is 24.3 Å². The van der Waals surface area contributed by atoms with Gasteiger partial charge in [-0.15, -0.1) is 0 Å². The first-order valence-corrected chi connectivity index (χ1v) is 7.45. The zero-order valence-corrected chi connectivity index (χ0v) is 11.9. The molecule has 0 radical (unpaired) electrons. The summed E-state index contributed by atoms with van der Waals surface area (Å²) in [6, 6.07) is 7.11. The molecule has 18 heavy (non-hydrogen) atoms. The molecule has 0 spiro atoms. The van der Waals surface area contributed by atoms with Crippen molar-refractivity contribution < 1.29 is 8.42 Å². The van der Waals surface area contributed by atoms with E-state index in [-0.39, 0.29) is 0 Å². The smallest absolute Gasteiger partial charge is 0.301 e. The maximum absolute atomic E-state index is 12.0. The van der Waals surface area contributed by atoms with Gasteiger partial charge in [0.05, 0.1) is 0 Å². The van der Waals surface area contributed by atoms with Gasteiger partial charge in [-0.25, -0.2) is 0 Å². The van der Waals surface area contributed by atoms with Crippen LogP contribution in [0.25, 0.3) is 0 Å².